The van der Waals surface area contributed by atoms with Crippen LogP contribution in [0.3, 0.4) is 0 Å². The predicted molar refractivity (Wildman–Crippen MR) is 107 cm³/mol. The zero-order chi connectivity index (χ0) is 20.8. The lowest BCUT2D eigenvalue weighted by Crippen LogP contribution is -2.54. The first-order valence-electron chi connectivity index (χ1n) is 10.8. The normalized spacial score (nSPS) is 27.8. The van der Waals surface area contributed by atoms with Crippen LogP contribution in [0.5, 0.6) is 0 Å². The van der Waals surface area contributed by atoms with Crippen molar-refractivity contribution in [3.05, 3.63) is 34.9 Å². The van der Waals surface area contributed by atoms with Gasteiger partial charge in [-0.15, -0.1) is 0 Å². The Labute approximate surface area is 175 Å². The molecular formula is C22H26N4O4. The molecule has 2 unspecified atom stereocenters. The molecule has 2 N–H and O–H groups in total. The van der Waals surface area contributed by atoms with Gasteiger partial charge in [0.1, 0.15) is 6.04 Å². The Hall–Kier alpha value is -2.58. The third kappa shape index (κ3) is 3.24. The predicted octanol–water partition coefficient (Wildman–Crippen LogP) is 0.519. The number of nitrogens with one attached hydrogen (secondary N) is 2. The van der Waals surface area contributed by atoms with Crippen LogP contribution in [-0.2, 0) is 16.1 Å². The maximum Gasteiger partial charge on any atom is 0.262 e. The second-order valence-corrected chi connectivity index (χ2v) is 8.84. The van der Waals surface area contributed by atoms with E-state index in [2.05, 4.69) is 15.5 Å². The third-order valence-corrected chi connectivity index (χ3v) is 6.97. The van der Waals surface area contributed by atoms with E-state index in [0.29, 0.717) is 23.6 Å². The van der Waals surface area contributed by atoms with Crippen molar-refractivity contribution in [2.45, 2.75) is 38.3 Å². The molecule has 4 heterocycles. The van der Waals surface area contributed by atoms with Gasteiger partial charge in [-0.05, 0) is 62.4 Å². The summed E-state index contributed by atoms with van der Waals surface area (Å²) < 4.78 is 0. The van der Waals surface area contributed by atoms with Crippen LogP contribution in [-0.4, -0.2) is 65.6 Å². The minimum Gasteiger partial charge on any atom is -0.316 e. The lowest BCUT2D eigenvalue weighted by atomic mass is 9.82. The van der Waals surface area contributed by atoms with Crippen molar-refractivity contribution < 1.29 is 19.2 Å². The van der Waals surface area contributed by atoms with Crippen molar-refractivity contribution in [1.82, 2.24) is 20.4 Å². The number of hydrogen-bond acceptors (Lipinski definition) is 6. The van der Waals surface area contributed by atoms with Crippen LogP contribution in [0.15, 0.2) is 18.2 Å². The highest BCUT2D eigenvalue weighted by Gasteiger charge is 2.45. The van der Waals surface area contributed by atoms with E-state index in [1.807, 2.05) is 12.1 Å². The molecule has 3 saturated heterocycles. The zero-order valence-corrected chi connectivity index (χ0v) is 16.9. The van der Waals surface area contributed by atoms with Gasteiger partial charge >= 0.3 is 0 Å². The number of likely N-dealkylation sites (tertiary alicyclic amines) is 1. The second-order valence-electron chi connectivity index (χ2n) is 8.84. The molecule has 8 heteroatoms. The minimum absolute atomic E-state index is 0.127. The molecule has 4 aliphatic rings. The van der Waals surface area contributed by atoms with Crippen LogP contribution in [0, 0.1) is 11.8 Å². The van der Waals surface area contributed by atoms with Crippen LogP contribution in [0.4, 0.5) is 0 Å². The number of piperidine rings is 2. The van der Waals surface area contributed by atoms with Gasteiger partial charge in [0, 0.05) is 19.5 Å². The summed E-state index contributed by atoms with van der Waals surface area (Å²) in [5, 5.41) is 5.59. The number of rotatable bonds is 4. The summed E-state index contributed by atoms with van der Waals surface area (Å²) >= 11 is 0. The van der Waals surface area contributed by atoms with Crippen molar-refractivity contribution in [2.24, 2.45) is 11.8 Å². The van der Waals surface area contributed by atoms with E-state index in [-0.39, 0.29) is 18.7 Å². The quantitative estimate of drug-likeness (QED) is 0.703. The van der Waals surface area contributed by atoms with E-state index < -0.39 is 23.8 Å². The molecular weight excluding hydrogens is 384 g/mol. The fourth-order valence-corrected chi connectivity index (χ4v) is 5.22. The molecule has 2 atom stereocenters. The summed E-state index contributed by atoms with van der Waals surface area (Å²) in [4.78, 5) is 53.4. The van der Waals surface area contributed by atoms with Gasteiger partial charge in [0.2, 0.25) is 11.8 Å². The van der Waals surface area contributed by atoms with E-state index in [1.165, 1.54) is 6.42 Å². The first-order valence-corrected chi connectivity index (χ1v) is 10.8. The van der Waals surface area contributed by atoms with Gasteiger partial charge in [0.25, 0.3) is 11.8 Å². The highest BCUT2D eigenvalue weighted by atomic mass is 16.2. The molecule has 30 heavy (non-hydrogen) atoms. The van der Waals surface area contributed by atoms with Crippen LogP contribution in [0.2, 0.25) is 0 Å². The summed E-state index contributed by atoms with van der Waals surface area (Å²) in [6, 6.07) is 4.45. The smallest absolute Gasteiger partial charge is 0.262 e. The fraction of sp³-hybridized carbons (Fsp3) is 0.545. The number of nitrogens with zero attached hydrogens (tertiary/aromatic N) is 2. The summed E-state index contributed by atoms with van der Waals surface area (Å²) in [6.45, 7) is 4.80. The molecule has 3 fully saturated rings. The van der Waals surface area contributed by atoms with E-state index in [4.69, 9.17) is 0 Å². The number of benzene rings is 1. The number of carbonyl (C=O) groups is 4. The lowest BCUT2D eigenvalue weighted by Gasteiger charge is -2.41. The summed E-state index contributed by atoms with van der Waals surface area (Å²) in [6.07, 6.45) is 2.69. The number of imide groups is 2. The van der Waals surface area contributed by atoms with Crippen LogP contribution >= 0.6 is 0 Å². The van der Waals surface area contributed by atoms with Gasteiger partial charge < -0.3 is 5.32 Å². The molecule has 1 aromatic carbocycles. The Kier molecular flexibility index (Phi) is 4.91. The average Bonchev–Trinajstić information content (AvgIpc) is 2.93. The highest BCUT2D eigenvalue weighted by Crippen LogP contribution is 2.32. The van der Waals surface area contributed by atoms with Crippen molar-refractivity contribution in [3.63, 3.8) is 0 Å². The standard InChI is InChI=1S/C22H26N4O4/c27-18-7-6-17(20(28)24-18)26-21(29)16-5-1-3-14(19(16)22(26)30)12-25-8-2-4-13(11-25)15-9-23-10-15/h1,3,5,13,15,17,23H,2,4,6-12H2,(H,24,27,28). The molecule has 0 aromatic heterocycles. The van der Waals surface area contributed by atoms with Gasteiger partial charge in [-0.25, -0.2) is 0 Å². The van der Waals surface area contributed by atoms with Crippen LogP contribution < -0.4 is 10.6 Å². The van der Waals surface area contributed by atoms with E-state index >= 15 is 0 Å². The van der Waals surface area contributed by atoms with Gasteiger partial charge in [-0.1, -0.05) is 12.1 Å². The zero-order valence-electron chi connectivity index (χ0n) is 16.9. The monoisotopic (exact) mass is 410 g/mol. The average molecular weight is 410 g/mol. The summed E-state index contributed by atoms with van der Waals surface area (Å²) in [5.41, 5.74) is 1.62. The largest absolute Gasteiger partial charge is 0.316 e. The topological polar surface area (TPSA) is 98.8 Å². The third-order valence-electron chi connectivity index (χ3n) is 6.97. The van der Waals surface area contributed by atoms with Crippen molar-refractivity contribution in [2.75, 3.05) is 26.2 Å². The molecule has 0 saturated carbocycles. The molecule has 4 amide bonds. The van der Waals surface area contributed by atoms with E-state index in [1.54, 1.807) is 6.07 Å². The van der Waals surface area contributed by atoms with Gasteiger partial charge in [-0.3, -0.25) is 34.3 Å². The summed E-state index contributed by atoms with van der Waals surface area (Å²) in [7, 11) is 0. The fourth-order valence-electron chi connectivity index (χ4n) is 5.22. The number of hydrogen-bond donors (Lipinski definition) is 2. The number of fused-ring (bicyclic) bond motifs is 1. The lowest BCUT2D eigenvalue weighted by molar-refractivity contribution is -0.136. The summed E-state index contributed by atoms with van der Waals surface area (Å²) in [5.74, 6) is -0.389. The van der Waals surface area contributed by atoms with Crippen molar-refractivity contribution >= 4 is 23.6 Å². The minimum atomic E-state index is -0.923. The second kappa shape index (κ2) is 7.59. The molecule has 0 aliphatic carbocycles. The number of carbonyl (C=O) groups excluding carboxylic acids is 4. The SMILES string of the molecule is O=C1CCC(N2C(=O)c3cccc(CN4CCCC(C5CNC5)C4)c3C2=O)C(=O)N1. The molecule has 4 aliphatic heterocycles. The van der Waals surface area contributed by atoms with Crippen molar-refractivity contribution in [1.29, 1.82) is 0 Å². The Bertz CT molecular complexity index is 926. The Morgan fingerprint density at radius 2 is 1.83 bits per heavy atom. The van der Waals surface area contributed by atoms with Gasteiger partial charge in [0.05, 0.1) is 11.1 Å². The van der Waals surface area contributed by atoms with E-state index in [9.17, 15) is 19.2 Å². The maximum absolute atomic E-state index is 13.2. The Balaban J connectivity index is 1.37. The first-order chi connectivity index (χ1) is 14.5. The first kappa shape index (κ1) is 19.4. The van der Waals surface area contributed by atoms with Crippen LogP contribution in [0.25, 0.3) is 0 Å². The number of amides is 4. The molecule has 0 radical (unpaired) electrons. The maximum atomic E-state index is 13.2. The van der Waals surface area contributed by atoms with Crippen LogP contribution in [0.1, 0.15) is 52.0 Å². The van der Waals surface area contributed by atoms with E-state index in [0.717, 1.165) is 49.0 Å². The van der Waals surface area contributed by atoms with Gasteiger partial charge in [-0.2, -0.15) is 0 Å². The Morgan fingerprint density at radius 1 is 1.00 bits per heavy atom. The van der Waals surface area contributed by atoms with Crippen molar-refractivity contribution in [3.8, 4) is 0 Å². The van der Waals surface area contributed by atoms with Gasteiger partial charge in [0.15, 0.2) is 0 Å². The highest BCUT2D eigenvalue weighted by molar-refractivity contribution is 6.24. The molecule has 1 aromatic rings. The molecule has 5 rings (SSSR count). The molecule has 0 spiro atoms. The molecule has 158 valence electrons. The molecule has 8 nitrogen and oxygen atoms in total. The Morgan fingerprint density at radius 3 is 2.57 bits per heavy atom. The molecule has 0 bridgehead atoms.